The second-order valence-electron chi connectivity index (χ2n) is 11.5. The highest BCUT2D eigenvalue weighted by Gasteiger charge is 2.35. The number of imidazole rings is 1. The number of halogens is 2. The van der Waals surface area contributed by atoms with Crippen LogP contribution in [0.2, 0.25) is 0 Å². The molecule has 222 valence electrons. The number of hydrogen-bond donors (Lipinski definition) is 1. The molecule has 0 aliphatic carbocycles. The van der Waals surface area contributed by atoms with E-state index >= 15 is 0 Å². The molecule has 1 aliphatic heterocycles. The summed E-state index contributed by atoms with van der Waals surface area (Å²) in [5, 5.41) is 11.7. The maximum absolute atomic E-state index is 13.1. The molecule has 1 saturated heterocycles. The molecular formula is C31H35F2N5O4. The summed E-state index contributed by atoms with van der Waals surface area (Å²) in [4.78, 5) is 25.5. The lowest BCUT2D eigenvalue weighted by Gasteiger charge is -2.36. The van der Waals surface area contributed by atoms with Crippen molar-refractivity contribution in [2.45, 2.75) is 52.4 Å². The molecule has 42 heavy (non-hydrogen) atoms. The zero-order valence-electron chi connectivity index (χ0n) is 24.3. The number of benzene rings is 1. The van der Waals surface area contributed by atoms with Gasteiger partial charge in [0.05, 0.1) is 11.4 Å². The Bertz CT molecular complexity index is 1570. The first kappa shape index (κ1) is 29.2. The minimum Gasteiger partial charge on any atom is -0.444 e. The van der Waals surface area contributed by atoms with E-state index in [1.165, 1.54) is 6.07 Å². The average Bonchev–Trinajstić information content (AvgIpc) is 3.28. The van der Waals surface area contributed by atoms with Gasteiger partial charge in [0.25, 0.3) is 0 Å². The van der Waals surface area contributed by atoms with Crippen LogP contribution in [0.1, 0.15) is 44.6 Å². The normalized spacial score (nSPS) is 15.6. The van der Waals surface area contributed by atoms with E-state index in [1.54, 1.807) is 47.5 Å². The Hall–Kier alpha value is -4.25. The molecule has 1 N–H and O–H groups in total. The fraction of sp³-hybridized carbons (Fsp3) is 0.387. The molecule has 1 unspecified atom stereocenters. The van der Waals surface area contributed by atoms with E-state index in [-0.39, 0.29) is 17.4 Å². The van der Waals surface area contributed by atoms with Crippen LogP contribution in [0, 0.1) is 6.92 Å². The van der Waals surface area contributed by atoms with Crippen molar-refractivity contribution in [3.63, 3.8) is 0 Å². The molecule has 3 aromatic heterocycles. The summed E-state index contributed by atoms with van der Waals surface area (Å²) in [6.45, 7) is 8.22. The van der Waals surface area contributed by atoms with E-state index in [2.05, 4.69) is 14.9 Å². The van der Waals surface area contributed by atoms with Crippen LogP contribution in [0.15, 0.2) is 60.9 Å². The SMILES string of the molecule is Cc1nc2ccc(-c3ccc(N4CCN(C(=O)OC(C)(C)C)CC4)nc3)cn2c1C(C)(O)c1ccccc1OC(F)F. The topological polar surface area (TPSA) is 92.4 Å². The summed E-state index contributed by atoms with van der Waals surface area (Å²) < 4.78 is 38.2. The number of piperazine rings is 1. The van der Waals surface area contributed by atoms with Gasteiger partial charge in [-0.05, 0) is 65.0 Å². The van der Waals surface area contributed by atoms with Crippen LogP contribution in [-0.4, -0.2) is 68.9 Å². The second kappa shape index (κ2) is 11.2. The average molecular weight is 580 g/mol. The number of nitrogens with zero attached hydrogens (tertiary/aromatic N) is 5. The number of aromatic nitrogens is 3. The molecule has 0 spiro atoms. The summed E-state index contributed by atoms with van der Waals surface area (Å²) in [7, 11) is 0. The molecule has 1 fully saturated rings. The van der Waals surface area contributed by atoms with Crippen LogP contribution in [-0.2, 0) is 10.3 Å². The van der Waals surface area contributed by atoms with Gasteiger partial charge < -0.3 is 24.4 Å². The number of carbonyl (C=O) groups excluding carboxylic acids is 1. The first-order valence-electron chi connectivity index (χ1n) is 13.8. The Morgan fingerprint density at radius 2 is 1.67 bits per heavy atom. The molecule has 0 bridgehead atoms. The Balaban J connectivity index is 1.38. The fourth-order valence-corrected chi connectivity index (χ4v) is 5.30. The zero-order chi connectivity index (χ0) is 30.2. The number of fused-ring (bicyclic) bond motifs is 1. The van der Waals surface area contributed by atoms with Crippen LogP contribution in [0.4, 0.5) is 19.4 Å². The lowest BCUT2D eigenvalue weighted by molar-refractivity contribution is -0.0527. The number of aliphatic hydroxyl groups is 1. The number of amides is 1. The van der Waals surface area contributed by atoms with E-state index in [4.69, 9.17) is 9.47 Å². The third-order valence-electron chi connectivity index (χ3n) is 7.22. The van der Waals surface area contributed by atoms with Crippen molar-refractivity contribution in [3.05, 3.63) is 77.9 Å². The van der Waals surface area contributed by atoms with E-state index in [0.29, 0.717) is 43.2 Å². The maximum Gasteiger partial charge on any atom is 0.410 e. The zero-order valence-corrected chi connectivity index (χ0v) is 24.3. The third kappa shape index (κ3) is 6.01. The van der Waals surface area contributed by atoms with Gasteiger partial charge in [0.2, 0.25) is 0 Å². The van der Waals surface area contributed by atoms with Crippen molar-refractivity contribution in [2.75, 3.05) is 31.1 Å². The maximum atomic E-state index is 13.1. The van der Waals surface area contributed by atoms with Crippen molar-refractivity contribution in [2.24, 2.45) is 0 Å². The first-order valence-corrected chi connectivity index (χ1v) is 13.8. The largest absolute Gasteiger partial charge is 0.444 e. The number of rotatable bonds is 6. The fourth-order valence-electron chi connectivity index (χ4n) is 5.30. The van der Waals surface area contributed by atoms with Crippen molar-refractivity contribution in [3.8, 4) is 16.9 Å². The molecule has 4 heterocycles. The van der Waals surface area contributed by atoms with Crippen molar-refractivity contribution in [1.29, 1.82) is 0 Å². The van der Waals surface area contributed by atoms with Gasteiger partial charge in [-0.2, -0.15) is 8.78 Å². The molecule has 11 heteroatoms. The number of alkyl halides is 2. The van der Waals surface area contributed by atoms with Gasteiger partial charge in [-0.15, -0.1) is 0 Å². The van der Waals surface area contributed by atoms with Gasteiger partial charge in [-0.1, -0.05) is 18.2 Å². The van der Waals surface area contributed by atoms with Crippen molar-refractivity contribution < 1.29 is 28.2 Å². The molecule has 1 aromatic carbocycles. The Labute approximate surface area is 243 Å². The lowest BCUT2D eigenvalue weighted by atomic mass is 9.90. The number of ether oxygens (including phenoxy) is 2. The molecule has 1 atom stereocenters. The molecule has 5 rings (SSSR count). The molecule has 1 amide bonds. The third-order valence-corrected chi connectivity index (χ3v) is 7.22. The number of anilines is 1. The highest BCUT2D eigenvalue weighted by molar-refractivity contribution is 5.69. The molecule has 0 radical (unpaired) electrons. The Morgan fingerprint density at radius 3 is 2.31 bits per heavy atom. The van der Waals surface area contributed by atoms with Gasteiger partial charge in [-0.25, -0.2) is 14.8 Å². The summed E-state index contributed by atoms with van der Waals surface area (Å²) >= 11 is 0. The van der Waals surface area contributed by atoms with Gasteiger partial charge in [0, 0.05) is 55.3 Å². The van der Waals surface area contributed by atoms with Crippen LogP contribution < -0.4 is 9.64 Å². The van der Waals surface area contributed by atoms with Gasteiger partial charge in [0.1, 0.15) is 28.4 Å². The Morgan fingerprint density at radius 1 is 0.976 bits per heavy atom. The molecule has 0 saturated carbocycles. The minimum absolute atomic E-state index is 0.102. The highest BCUT2D eigenvalue weighted by Crippen LogP contribution is 2.38. The standard InChI is InChI=1S/C31H35F2N5O4/c1-20-27(31(5,40)23-8-6-7-9-24(23)41-28(32)33)38-19-22(11-13-26(38)35-20)21-10-12-25(34-18-21)36-14-16-37(17-15-36)29(39)42-30(2,3)4/h6-13,18-19,28,40H,14-17H2,1-5H3. The summed E-state index contributed by atoms with van der Waals surface area (Å²) in [6, 6.07) is 13.9. The van der Waals surface area contributed by atoms with Crippen LogP contribution in [0.25, 0.3) is 16.8 Å². The lowest BCUT2D eigenvalue weighted by Crippen LogP contribution is -2.50. The van der Waals surface area contributed by atoms with Crippen LogP contribution in [0.3, 0.4) is 0 Å². The molecular weight excluding hydrogens is 544 g/mol. The monoisotopic (exact) mass is 579 g/mol. The number of para-hydroxylation sites is 1. The molecule has 4 aromatic rings. The number of pyridine rings is 2. The second-order valence-corrected chi connectivity index (χ2v) is 11.5. The van der Waals surface area contributed by atoms with E-state index in [1.807, 2.05) is 51.2 Å². The number of aryl methyl sites for hydroxylation is 1. The van der Waals surface area contributed by atoms with Crippen molar-refractivity contribution >= 4 is 17.6 Å². The van der Waals surface area contributed by atoms with Gasteiger partial charge in [0.15, 0.2) is 0 Å². The minimum atomic E-state index is -3.03. The molecule has 9 nitrogen and oxygen atoms in total. The summed E-state index contributed by atoms with van der Waals surface area (Å²) in [5.41, 5.74) is 1.28. The van der Waals surface area contributed by atoms with Crippen molar-refractivity contribution in [1.82, 2.24) is 19.3 Å². The number of hydrogen-bond acceptors (Lipinski definition) is 7. The quantitative estimate of drug-likeness (QED) is 0.317. The van der Waals surface area contributed by atoms with Crippen LogP contribution >= 0.6 is 0 Å². The van der Waals surface area contributed by atoms with E-state index in [9.17, 15) is 18.7 Å². The van der Waals surface area contributed by atoms with Gasteiger partial charge >= 0.3 is 12.7 Å². The van der Waals surface area contributed by atoms with E-state index < -0.39 is 17.8 Å². The first-order chi connectivity index (χ1) is 19.8. The summed E-state index contributed by atoms with van der Waals surface area (Å²) in [5.74, 6) is 0.705. The smallest absolute Gasteiger partial charge is 0.410 e. The summed E-state index contributed by atoms with van der Waals surface area (Å²) in [6.07, 6.45) is 3.33. The van der Waals surface area contributed by atoms with Gasteiger partial charge in [-0.3, -0.25) is 4.40 Å². The van der Waals surface area contributed by atoms with Crippen LogP contribution in [0.5, 0.6) is 5.75 Å². The number of carbonyl (C=O) groups is 1. The highest BCUT2D eigenvalue weighted by atomic mass is 19.3. The predicted octanol–water partition coefficient (Wildman–Crippen LogP) is 5.62. The van der Waals surface area contributed by atoms with E-state index in [0.717, 1.165) is 16.9 Å². The predicted molar refractivity (Wildman–Crippen MR) is 155 cm³/mol. The Kier molecular flexibility index (Phi) is 7.80. The molecule has 1 aliphatic rings.